The van der Waals surface area contributed by atoms with Crippen LogP contribution in [0.1, 0.15) is 15.9 Å². The highest BCUT2D eigenvalue weighted by Crippen LogP contribution is 2.07. The number of hydrogen-bond donors (Lipinski definition) is 1. The van der Waals surface area contributed by atoms with E-state index >= 15 is 0 Å². The molecule has 2 aromatic rings. The normalized spacial score (nSPS) is 10.1. The number of hydroxylamine groups is 1. The zero-order chi connectivity index (χ0) is 12.8. The van der Waals surface area contributed by atoms with E-state index in [1.165, 1.54) is 6.07 Å². The Balaban J connectivity index is 1.86. The molecule has 0 spiro atoms. The highest BCUT2D eigenvalue weighted by atomic mass is 19.1. The Morgan fingerprint density at radius 3 is 2.44 bits per heavy atom. The van der Waals surface area contributed by atoms with E-state index in [2.05, 4.69) is 5.48 Å². The van der Waals surface area contributed by atoms with E-state index in [9.17, 15) is 9.18 Å². The van der Waals surface area contributed by atoms with Gasteiger partial charge in [0.2, 0.25) is 0 Å². The molecule has 0 atom stereocenters. The number of halogens is 1. The largest absolute Gasteiger partial charge is 0.274 e. The predicted molar refractivity (Wildman–Crippen MR) is 65.1 cm³/mol. The smallest absolute Gasteiger partial charge is 0.268 e. The van der Waals surface area contributed by atoms with Crippen LogP contribution in [0.15, 0.2) is 54.6 Å². The van der Waals surface area contributed by atoms with Crippen molar-refractivity contribution in [2.24, 2.45) is 0 Å². The van der Waals surface area contributed by atoms with Crippen molar-refractivity contribution in [3.63, 3.8) is 0 Å². The summed E-state index contributed by atoms with van der Waals surface area (Å²) in [5.41, 5.74) is 3.16. The van der Waals surface area contributed by atoms with Crippen LogP contribution >= 0.6 is 0 Å². The van der Waals surface area contributed by atoms with Crippen LogP contribution in [-0.2, 0) is 11.4 Å². The molecule has 0 heterocycles. The molecule has 2 rings (SSSR count). The lowest BCUT2D eigenvalue weighted by Gasteiger charge is -2.06. The minimum Gasteiger partial charge on any atom is -0.268 e. The lowest BCUT2D eigenvalue weighted by atomic mass is 10.2. The first-order valence-corrected chi connectivity index (χ1v) is 5.48. The van der Waals surface area contributed by atoms with Crippen LogP contribution in [0.3, 0.4) is 0 Å². The molecule has 92 valence electrons. The molecule has 1 amide bonds. The van der Waals surface area contributed by atoms with Gasteiger partial charge in [-0.2, -0.15) is 0 Å². The second kappa shape index (κ2) is 5.93. The SMILES string of the molecule is O=C(NOCc1ccccc1F)c1ccccc1. The van der Waals surface area contributed by atoms with Crippen molar-refractivity contribution in [1.29, 1.82) is 0 Å². The molecule has 18 heavy (non-hydrogen) atoms. The lowest BCUT2D eigenvalue weighted by Crippen LogP contribution is -2.23. The third kappa shape index (κ3) is 3.15. The number of rotatable bonds is 4. The Bertz CT molecular complexity index is 528. The Morgan fingerprint density at radius 2 is 1.72 bits per heavy atom. The summed E-state index contributed by atoms with van der Waals surface area (Å²) in [4.78, 5) is 16.6. The van der Waals surface area contributed by atoms with Crippen LogP contribution < -0.4 is 5.48 Å². The second-order valence-corrected chi connectivity index (χ2v) is 3.68. The molecule has 1 N–H and O–H groups in total. The van der Waals surface area contributed by atoms with Crippen LogP contribution in [0, 0.1) is 5.82 Å². The molecular formula is C14H12FNO2. The molecule has 0 aliphatic rings. The van der Waals surface area contributed by atoms with Gasteiger partial charge >= 0.3 is 0 Å². The molecule has 0 aliphatic heterocycles. The van der Waals surface area contributed by atoms with Gasteiger partial charge in [-0.1, -0.05) is 36.4 Å². The quantitative estimate of drug-likeness (QED) is 0.841. The monoisotopic (exact) mass is 245 g/mol. The molecule has 0 radical (unpaired) electrons. The van der Waals surface area contributed by atoms with Crippen molar-refractivity contribution in [2.45, 2.75) is 6.61 Å². The summed E-state index contributed by atoms with van der Waals surface area (Å²) in [5.74, 6) is -0.710. The van der Waals surface area contributed by atoms with E-state index in [1.54, 1.807) is 42.5 Å². The molecule has 0 saturated carbocycles. The Labute approximate surface area is 104 Å². The number of nitrogens with one attached hydrogen (secondary N) is 1. The van der Waals surface area contributed by atoms with Crippen LogP contribution in [-0.4, -0.2) is 5.91 Å². The molecule has 0 aliphatic carbocycles. The van der Waals surface area contributed by atoms with Crippen LogP contribution in [0.4, 0.5) is 4.39 Å². The van der Waals surface area contributed by atoms with E-state index in [4.69, 9.17) is 4.84 Å². The fourth-order valence-corrected chi connectivity index (χ4v) is 1.44. The van der Waals surface area contributed by atoms with Gasteiger partial charge < -0.3 is 0 Å². The Kier molecular flexibility index (Phi) is 4.04. The molecule has 4 heteroatoms. The fraction of sp³-hybridized carbons (Fsp3) is 0.0714. The fourth-order valence-electron chi connectivity index (χ4n) is 1.44. The summed E-state index contributed by atoms with van der Waals surface area (Å²) < 4.78 is 13.2. The van der Waals surface area contributed by atoms with Gasteiger partial charge in [-0.25, -0.2) is 9.87 Å². The van der Waals surface area contributed by atoms with Crippen molar-refractivity contribution in [1.82, 2.24) is 5.48 Å². The van der Waals surface area contributed by atoms with Gasteiger partial charge in [0.05, 0.1) is 0 Å². The summed E-state index contributed by atoms with van der Waals surface area (Å²) in [7, 11) is 0. The highest BCUT2D eigenvalue weighted by Gasteiger charge is 2.05. The highest BCUT2D eigenvalue weighted by molar-refractivity contribution is 5.93. The number of amides is 1. The topological polar surface area (TPSA) is 38.3 Å². The maximum Gasteiger partial charge on any atom is 0.274 e. The van der Waals surface area contributed by atoms with E-state index < -0.39 is 0 Å². The van der Waals surface area contributed by atoms with Gasteiger partial charge in [0.1, 0.15) is 12.4 Å². The number of carbonyl (C=O) groups excluding carboxylic acids is 1. The van der Waals surface area contributed by atoms with Crippen LogP contribution in [0.5, 0.6) is 0 Å². The van der Waals surface area contributed by atoms with Crippen molar-refractivity contribution in [3.8, 4) is 0 Å². The maximum atomic E-state index is 13.2. The summed E-state index contributed by atoms with van der Waals surface area (Å²) in [6.45, 7) is -0.00868. The van der Waals surface area contributed by atoms with Crippen molar-refractivity contribution in [2.75, 3.05) is 0 Å². The standard InChI is InChI=1S/C14H12FNO2/c15-13-9-5-4-8-12(13)10-18-16-14(17)11-6-2-1-3-7-11/h1-9H,10H2,(H,16,17). The summed E-state index contributed by atoms with van der Waals surface area (Å²) in [6, 6.07) is 14.9. The molecule has 0 aromatic heterocycles. The number of hydrogen-bond acceptors (Lipinski definition) is 2. The van der Waals surface area contributed by atoms with Gasteiger partial charge in [0.25, 0.3) is 5.91 Å². The number of carbonyl (C=O) groups is 1. The van der Waals surface area contributed by atoms with Gasteiger partial charge in [-0.05, 0) is 18.2 Å². The van der Waals surface area contributed by atoms with Gasteiger partial charge in [-0.3, -0.25) is 9.63 Å². The average molecular weight is 245 g/mol. The molecular weight excluding hydrogens is 233 g/mol. The molecule has 3 nitrogen and oxygen atoms in total. The lowest BCUT2D eigenvalue weighted by molar-refractivity contribution is 0.0224. The van der Waals surface area contributed by atoms with E-state index in [-0.39, 0.29) is 18.3 Å². The molecule has 2 aromatic carbocycles. The number of benzene rings is 2. The van der Waals surface area contributed by atoms with Crippen molar-refractivity contribution >= 4 is 5.91 Å². The molecule has 0 saturated heterocycles. The van der Waals surface area contributed by atoms with Crippen LogP contribution in [0.25, 0.3) is 0 Å². The Morgan fingerprint density at radius 1 is 1.06 bits per heavy atom. The van der Waals surface area contributed by atoms with Crippen LogP contribution in [0.2, 0.25) is 0 Å². The summed E-state index contributed by atoms with van der Waals surface area (Å²) in [6.07, 6.45) is 0. The first-order chi connectivity index (χ1) is 8.77. The van der Waals surface area contributed by atoms with E-state index in [0.717, 1.165) is 0 Å². The van der Waals surface area contributed by atoms with Gasteiger partial charge in [0.15, 0.2) is 0 Å². The van der Waals surface area contributed by atoms with Gasteiger partial charge in [-0.15, -0.1) is 0 Å². The zero-order valence-electron chi connectivity index (χ0n) is 9.60. The average Bonchev–Trinajstić information content (AvgIpc) is 2.42. The van der Waals surface area contributed by atoms with Crippen molar-refractivity contribution < 1.29 is 14.0 Å². The molecule has 0 unspecified atom stereocenters. The third-order valence-electron chi connectivity index (χ3n) is 2.39. The first-order valence-electron chi connectivity index (χ1n) is 5.48. The van der Waals surface area contributed by atoms with E-state index in [0.29, 0.717) is 11.1 Å². The van der Waals surface area contributed by atoms with Crippen molar-refractivity contribution in [3.05, 3.63) is 71.5 Å². The summed E-state index contributed by atoms with van der Waals surface area (Å²) in [5, 5.41) is 0. The molecule has 0 bridgehead atoms. The molecule has 0 fully saturated rings. The maximum absolute atomic E-state index is 13.2. The first kappa shape index (κ1) is 12.3. The zero-order valence-corrected chi connectivity index (χ0v) is 9.60. The minimum atomic E-state index is -0.355. The second-order valence-electron chi connectivity index (χ2n) is 3.68. The predicted octanol–water partition coefficient (Wildman–Crippen LogP) is 2.69. The summed E-state index contributed by atoms with van der Waals surface area (Å²) >= 11 is 0. The Hall–Kier alpha value is -2.20. The van der Waals surface area contributed by atoms with Gasteiger partial charge in [0, 0.05) is 11.1 Å². The third-order valence-corrected chi connectivity index (χ3v) is 2.39. The minimum absolute atomic E-state index is 0.00868. The van der Waals surface area contributed by atoms with E-state index in [1.807, 2.05) is 6.07 Å².